The predicted molar refractivity (Wildman–Crippen MR) is 151 cm³/mol. The third-order valence-corrected chi connectivity index (χ3v) is 6.04. The fourth-order valence-electron chi connectivity index (χ4n) is 4.00. The molecule has 0 aliphatic carbocycles. The molecule has 2 aromatic carbocycles. The molecule has 1 aliphatic rings. The first-order valence-electron chi connectivity index (χ1n) is 12.2. The quantitative estimate of drug-likeness (QED) is 0.0909. The molecule has 13 nitrogen and oxygen atoms in total. The van der Waals surface area contributed by atoms with Crippen LogP contribution in [-0.2, 0) is 14.3 Å². The van der Waals surface area contributed by atoms with E-state index in [9.17, 15) is 24.8 Å². The zero-order valence-corrected chi connectivity index (χ0v) is 22.7. The number of hydrogen-bond donors (Lipinski definition) is 4. The zero-order chi connectivity index (χ0) is 29.5. The molecule has 0 bridgehead atoms. The summed E-state index contributed by atoms with van der Waals surface area (Å²) in [7, 11) is 0. The van der Waals surface area contributed by atoms with Crippen molar-refractivity contribution in [1.29, 1.82) is 0 Å². The number of nitrogens with zero attached hydrogens (tertiary/aromatic N) is 2. The van der Waals surface area contributed by atoms with Gasteiger partial charge < -0.3 is 29.6 Å². The van der Waals surface area contributed by atoms with Crippen molar-refractivity contribution in [3.63, 3.8) is 0 Å². The third kappa shape index (κ3) is 6.86. The summed E-state index contributed by atoms with van der Waals surface area (Å²) in [6.07, 6.45) is 1.23. The van der Waals surface area contributed by atoms with Gasteiger partial charge >= 0.3 is 5.97 Å². The maximum Gasteiger partial charge on any atom is 0.338 e. The monoisotopic (exact) mass is 579 g/mol. The lowest BCUT2D eigenvalue weighted by atomic mass is 9.95. The molecule has 1 atom stereocenters. The van der Waals surface area contributed by atoms with Gasteiger partial charge in [0, 0.05) is 23.4 Å². The number of para-hydroxylation sites is 1. The minimum absolute atomic E-state index is 0.134. The van der Waals surface area contributed by atoms with Crippen molar-refractivity contribution in [2.24, 2.45) is 5.10 Å². The summed E-state index contributed by atoms with van der Waals surface area (Å²) >= 11 is 5.28. The van der Waals surface area contributed by atoms with Crippen LogP contribution in [0.5, 0.6) is 11.5 Å². The fourth-order valence-corrected chi connectivity index (χ4v) is 4.27. The maximum absolute atomic E-state index is 12.7. The molecule has 4 rings (SSSR count). The average molecular weight is 580 g/mol. The molecule has 0 saturated heterocycles. The number of ether oxygens (including phenoxy) is 2. The topological polar surface area (TPSA) is 178 Å². The number of non-ortho nitro benzene ring substituents is 1. The number of nitro groups is 1. The number of nitrogens with one attached hydrogen (secondary N) is 3. The largest absolute Gasteiger partial charge is 0.507 e. The molecular weight excluding hydrogens is 554 g/mol. The first kappa shape index (κ1) is 28.8. The summed E-state index contributed by atoms with van der Waals surface area (Å²) in [5.74, 6) is -0.543. The number of carbonyl (C=O) groups is 2. The van der Waals surface area contributed by atoms with Crippen molar-refractivity contribution in [2.45, 2.75) is 19.9 Å². The first-order valence-corrected chi connectivity index (χ1v) is 12.7. The number of phenols is 1. The normalized spacial score (nSPS) is 14.8. The van der Waals surface area contributed by atoms with E-state index in [1.54, 1.807) is 38.1 Å². The number of hydrogen-bond acceptors (Lipinski definition) is 10. The van der Waals surface area contributed by atoms with Gasteiger partial charge in [0.05, 0.1) is 34.9 Å². The molecule has 0 unspecified atom stereocenters. The smallest absolute Gasteiger partial charge is 0.338 e. The van der Waals surface area contributed by atoms with Gasteiger partial charge in [-0.25, -0.2) is 10.2 Å². The van der Waals surface area contributed by atoms with Crippen molar-refractivity contribution in [3.8, 4) is 22.8 Å². The van der Waals surface area contributed by atoms with E-state index >= 15 is 0 Å². The van der Waals surface area contributed by atoms with Crippen molar-refractivity contribution < 1.29 is 33.5 Å². The Labute approximate surface area is 239 Å². The van der Waals surface area contributed by atoms with Crippen LogP contribution in [-0.4, -0.2) is 46.4 Å². The average Bonchev–Trinajstić information content (AvgIpc) is 3.40. The standard InChI is InChI=1S/C27H25N5O8S/c1-3-38-26(35)24-15(2)29-27(41)30-25(24)18-6-4-5-7-21(18)39-14-23(34)31-28-13-17-9-11-22(40-17)19-12-16(32(36)37)8-10-20(19)33/h4-13,25,33H,3,14H2,1-2H3,(H,31,34)(H2,29,30,41)/t25-/m1/s1. The summed E-state index contributed by atoms with van der Waals surface area (Å²) in [5.41, 5.74) is 3.70. The molecule has 14 heteroatoms. The second kappa shape index (κ2) is 12.7. The summed E-state index contributed by atoms with van der Waals surface area (Å²) in [6.45, 7) is 3.23. The van der Waals surface area contributed by atoms with Gasteiger partial charge in [0.2, 0.25) is 0 Å². The van der Waals surface area contributed by atoms with E-state index in [-0.39, 0.29) is 35.1 Å². The Hall–Kier alpha value is -5.24. The molecule has 4 N–H and O–H groups in total. The van der Waals surface area contributed by atoms with Crippen molar-refractivity contribution >= 4 is 41.1 Å². The molecule has 41 heavy (non-hydrogen) atoms. The maximum atomic E-state index is 12.7. The first-order chi connectivity index (χ1) is 19.7. The lowest BCUT2D eigenvalue weighted by Crippen LogP contribution is -2.45. The second-order valence-corrected chi connectivity index (χ2v) is 8.98. The SMILES string of the molecule is CCOC(=O)C1=C(C)NC(=S)N[C@@H]1c1ccccc1OCC(=O)NN=Cc1ccc(-c2cc([N+](=O)[O-])ccc2O)o1. The third-order valence-electron chi connectivity index (χ3n) is 5.82. The molecule has 0 spiro atoms. The number of aromatic hydroxyl groups is 1. The zero-order valence-electron chi connectivity index (χ0n) is 21.9. The van der Waals surface area contributed by atoms with Crippen LogP contribution in [0.15, 0.2) is 75.4 Å². The van der Waals surface area contributed by atoms with Gasteiger partial charge in [-0.05, 0) is 50.3 Å². The summed E-state index contributed by atoms with van der Waals surface area (Å²) in [4.78, 5) is 35.5. The highest BCUT2D eigenvalue weighted by Gasteiger charge is 2.32. The molecule has 1 aromatic heterocycles. The number of thiocarbonyl (C=S) groups is 1. The van der Waals surface area contributed by atoms with E-state index in [1.807, 2.05) is 0 Å². The highest BCUT2D eigenvalue weighted by molar-refractivity contribution is 7.80. The Morgan fingerprint density at radius 2 is 2.02 bits per heavy atom. The molecule has 1 aliphatic heterocycles. The van der Waals surface area contributed by atoms with Crippen molar-refractivity contribution in [1.82, 2.24) is 16.1 Å². The summed E-state index contributed by atoms with van der Waals surface area (Å²) in [6, 6.07) is 12.8. The Balaban J connectivity index is 1.41. The van der Waals surface area contributed by atoms with Crippen LogP contribution in [0.2, 0.25) is 0 Å². The van der Waals surface area contributed by atoms with E-state index in [0.29, 0.717) is 27.7 Å². The molecule has 3 aromatic rings. The van der Waals surface area contributed by atoms with Gasteiger partial charge in [0.1, 0.15) is 23.0 Å². The number of rotatable bonds is 10. The Bertz CT molecular complexity index is 1560. The van der Waals surface area contributed by atoms with Gasteiger partial charge in [-0.1, -0.05) is 18.2 Å². The van der Waals surface area contributed by atoms with Crippen LogP contribution in [0.25, 0.3) is 11.3 Å². The van der Waals surface area contributed by atoms with E-state index < -0.39 is 29.4 Å². The van der Waals surface area contributed by atoms with Crippen LogP contribution in [0, 0.1) is 10.1 Å². The van der Waals surface area contributed by atoms with Crippen LogP contribution in [0.3, 0.4) is 0 Å². The summed E-state index contributed by atoms with van der Waals surface area (Å²) < 4.78 is 16.5. The highest BCUT2D eigenvalue weighted by Crippen LogP contribution is 2.34. The number of furan rings is 1. The van der Waals surface area contributed by atoms with Crippen LogP contribution in [0.1, 0.15) is 31.2 Å². The number of nitro benzene ring substituents is 1. The number of allylic oxidation sites excluding steroid dienone is 1. The molecule has 0 saturated carbocycles. The lowest BCUT2D eigenvalue weighted by molar-refractivity contribution is -0.384. The Morgan fingerprint density at radius 3 is 2.78 bits per heavy atom. The predicted octanol–water partition coefficient (Wildman–Crippen LogP) is 3.45. The van der Waals surface area contributed by atoms with Gasteiger partial charge in [0.15, 0.2) is 11.7 Å². The molecule has 0 fully saturated rings. The summed E-state index contributed by atoms with van der Waals surface area (Å²) in [5, 5.41) is 31.2. The minimum Gasteiger partial charge on any atom is -0.507 e. The minimum atomic E-state index is -0.668. The number of benzene rings is 2. The molecule has 212 valence electrons. The van der Waals surface area contributed by atoms with Crippen LogP contribution >= 0.6 is 12.2 Å². The lowest BCUT2D eigenvalue weighted by Gasteiger charge is -2.30. The van der Waals surface area contributed by atoms with E-state index in [4.69, 9.17) is 26.1 Å². The number of phenolic OH excluding ortho intramolecular Hbond substituents is 1. The van der Waals surface area contributed by atoms with Crippen LogP contribution < -0.4 is 20.8 Å². The van der Waals surface area contributed by atoms with Gasteiger partial charge in [-0.15, -0.1) is 0 Å². The van der Waals surface area contributed by atoms with Crippen molar-refractivity contribution in [2.75, 3.05) is 13.2 Å². The molecule has 1 amide bonds. The Kier molecular flexibility index (Phi) is 8.94. The second-order valence-electron chi connectivity index (χ2n) is 8.57. The number of hydrazone groups is 1. The number of amides is 1. The van der Waals surface area contributed by atoms with Crippen LogP contribution in [0.4, 0.5) is 5.69 Å². The highest BCUT2D eigenvalue weighted by atomic mass is 32.1. The van der Waals surface area contributed by atoms with E-state index in [0.717, 1.165) is 0 Å². The molecular formula is C27H25N5O8S. The van der Waals surface area contributed by atoms with E-state index in [2.05, 4.69) is 21.2 Å². The molecule has 0 radical (unpaired) electrons. The Morgan fingerprint density at radius 1 is 1.24 bits per heavy atom. The van der Waals surface area contributed by atoms with Gasteiger partial charge in [-0.3, -0.25) is 14.9 Å². The van der Waals surface area contributed by atoms with E-state index in [1.165, 1.54) is 36.5 Å². The number of esters is 1. The van der Waals surface area contributed by atoms with Gasteiger partial charge in [-0.2, -0.15) is 5.10 Å². The van der Waals surface area contributed by atoms with Gasteiger partial charge in [0.25, 0.3) is 11.6 Å². The van der Waals surface area contributed by atoms with Crippen molar-refractivity contribution in [3.05, 3.63) is 87.3 Å². The molecule has 2 heterocycles. The number of carbonyl (C=O) groups excluding carboxylic acids is 2. The fraction of sp³-hybridized carbons (Fsp3) is 0.185.